The zero-order valence-electron chi connectivity index (χ0n) is 17.2. The van der Waals surface area contributed by atoms with Crippen LogP contribution >= 0.6 is 15.6 Å². The molecule has 0 amide bonds. The first-order valence-electron chi connectivity index (χ1n) is 9.10. The summed E-state index contributed by atoms with van der Waals surface area (Å²) in [4.78, 5) is 45.7. The molecule has 0 spiro atoms. The number of aliphatic hydroxyl groups is 1. The molecule has 2 aromatic heterocycles. The summed E-state index contributed by atoms with van der Waals surface area (Å²) in [5, 5.41) is 10.0. The van der Waals surface area contributed by atoms with Crippen LogP contribution in [0, 0.1) is 0 Å². The minimum absolute atomic E-state index is 0.0886. The van der Waals surface area contributed by atoms with E-state index >= 15 is 0 Å². The number of rotatable bonds is 8. The molecule has 0 aromatic carbocycles. The van der Waals surface area contributed by atoms with Crippen LogP contribution in [0.4, 0.5) is 5.95 Å². The Bertz CT molecular complexity index is 1150. The van der Waals surface area contributed by atoms with E-state index in [2.05, 4.69) is 18.8 Å². The highest BCUT2D eigenvalue weighted by molar-refractivity contribution is 7.60. The summed E-state index contributed by atoms with van der Waals surface area (Å²) in [7, 11) is -8.83. The molecular weight excluding hydrogens is 476 g/mol. The molecule has 16 nitrogen and oxygen atoms in total. The van der Waals surface area contributed by atoms with Gasteiger partial charge in [-0.05, 0) is 13.8 Å². The van der Waals surface area contributed by atoms with Gasteiger partial charge in [-0.25, -0.2) is 13.7 Å². The van der Waals surface area contributed by atoms with Crippen LogP contribution in [0.25, 0.3) is 11.2 Å². The summed E-state index contributed by atoms with van der Waals surface area (Å²) in [6.45, 7) is 2.05. The lowest BCUT2D eigenvalue weighted by Gasteiger charge is -2.26. The zero-order chi connectivity index (χ0) is 24.1. The van der Waals surface area contributed by atoms with Gasteiger partial charge in [-0.2, -0.15) is 4.31 Å². The molecule has 7 N–H and O–H groups in total. The van der Waals surface area contributed by atoms with Gasteiger partial charge in [0.1, 0.15) is 6.10 Å². The second kappa shape index (κ2) is 8.57. The molecule has 0 bridgehead atoms. The number of hydrogen-bond acceptors (Lipinski definition) is 10. The van der Waals surface area contributed by atoms with Crippen LogP contribution in [0.15, 0.2) is 11.1 Å². The molecule has 4 atom stereocenters. The first-order chi connectivity index (χ1) is 14.5. The molecule has 1 aliphatic rings. The molecule has 1 saturated heterocycles. The van der Waals surface area contributed by atoms with Crippen LogP contribution in [0.3, 0.4) is 0 Å². The van der Waals surface area contributed by atoms with E-state index in [0.717, 1.165) is 0 Å². The fraction of sp³-hybridized carbons (Fsp3) is 0.643. The van der Waals surface area contributed by atoms with Crippen molar-refractivity contribution in [1.82, 2.24) is 14.5 Å². The number of phosphoric ester groups is 1. The van der Waals surface area contributed by atoms with E-state index in [1.807, 2.05) is 0 Å². The maximum atomic E-state index is 12.2. The summed E-state index contributed by atoms with van der Waals surface area (Å²) < 4.78 is 45.4. The first-order valence-corrected chi connectivity index (χ1v) is 12.1. The monoisotopic (exact) mass is 500 g/mol. The van der Waals surface area contributed by atoms with E-state index in [0.29, 0.717) is 0 Å². The molecule has 3 rings (SSSR count). The quantitative estimate of drug-likeness (QED) is 0.142. The van der Waals surface area contributed by atoms with Crippen LogP contribution in [-0.4, -0.2) is 58.9 Å². The topological polar surface area (TPSA) is 233 Å². The van der Waals surface area contributed by atoms with Crippen LogP contribution in [0.1, 0.15) is 26.5 Å². The number of nitrogens with one attached hydrogen (secondary N) is 1. The molecule has 0 saturated carbocycles. The van der Waals surface area contributed by atoms with Gasteiger partial charge in [0.05, 0.1) is 19.8 Å². The number of imidazole rings is 1. The van der Waals surface area contributed by atoms with Gasteiger partial charge in [0.15, 0.2) is 18.3 Å². The smallest absolute Gasteiger partial charge is 0.366 e. The lowest BCUT2D eigenvalue weighted by Crippen LogP contribution is -2.39. The summed E-state index contributed by atoms with van der Waals surface area (Å²) in [5.41, 5.74) is 5.56. The third kappa shape index (κ3) is 5.99. The largest absolute Gasteiger partial charge is 0.481 e. The van der Waals surface area contributed by atoms with Gasteiger partial charge in [-0.3, -0.25) is 18.9 Å². The van der Waals surface area contributed by atoms with Gasteiger partial charge < -0.3 is 35.0 Å². The van der Waals surface area contributed by atoms with E-state index in [1.54, 1.807) is 7.05 Å². The number of nitrogens with zero attached hydrogens (tertiary/aromatic N) is 3. The number of H-pyrrole nitrogens is 1. The highest BCUT2D eigenvalue weighted by atomic mass is 31.3. The second-order valence-corrected chi connectivity index (χ2v) is 10.4. The second-order valence-electron chi connectivity index (χ2n) is 7.56. The van der Waals surface area contributed by atoms with Crippen LogP contribution in [-0.2, 0) is 34.5 Å². The van der Waals surface area contributed by atoms with E-state index in [9.17, 15) is 23.9 Å². The van der Waals surface area contributed by atoms with Crippen molar-refractivity contribution in [3.05, 3.63) is 16.7 Å². The fourth-order valence-electron chi connectivity index (χ4n) is 3.32. The lowest BCUT2D eigenvalue weighted by molar-refractivity contribution is -0.739. The van der Waals surface area contributed by atoms with Crippen molar-refractivity contribution in [3.8, 4) is 0 Å². The Morgan fingerprint density at radius 1 is 1.41 bits per heavy atom. The number of ether oxygens (including phenoxy) is 2. The fourth-order valence-corrected chi connectivity index (χ4v) is 4.92. The zero-order valence-corrected chi connectivity index (χ0v) is 19.0. The number of anilines is 1. The lowest BCUT2D eigenvalue weighted by atomic mass is 10.1. The van der Waals surface area contributed by atoms with E-state index < -0.39 is 52.0 Å². The van der Waals surface area contributed by atoms with E-state index in [-0.39, 0.29) is 23.5 Å². The van der Waals surface area contributed by atoms with Gasteiger partial charge in [-0.15, -0.1) is 0 Å². The molecule has 3 heterocycles. The normalized spacial score (nSPS) is 24.2. The molecule has 1 aliphatic heterocycles. The molecule has 180 valence electrons. The average molecular weight is 500 g/mol. The maximum absolute atomic E-state index is 12.2. The van der Waals surface area contributed by atoms with Crippen molar-refractivity contribution in [2.75, 3.05) is 12.3 Å². The Balaban J connectivity index is 1.88. The number of hydrogen-bond donors (Lipinski definition) is 6. The van der Waals surface area contributed by atoms with E-state index in [4.69, 9.17) is 25.0 Å². The van der Waals surface area contributed by atoms with Crippen LogP contribution in [0.5, 0.6) is 0 Å². The summed E-state index contributed by atoms with van der Waals surface area (Å²) in [6.07, 6.45) is -1.18. The number of fused-ring (bicyclic) bond motifs is 1. The predicted octanol–water partition coefficient (Wildman–Crippen LogP) is -1.24. The number of phosphoric acid groups is 2. The Kier molecular flexibility index (Phi) is 6.68. The number of aryl methyl sites for hydroxylation is 1. The minimum atomic E-state index is -5.30. The number of nitrogens with two attached hydrogens (primary N) is 1. The van der Waals surface area contributed by atoms with Crippen molar-refractivity contribution in [1.29, 1.82) is 0 Å². The predicted molar refractivity (Wildman–Crippen MR) is 105 cm³/mol. The van der Waals surface area contributed by atoms with Gasteiger partial charge in [0.25, 0.3) is 11.5 Å². The standard InChI is InChI=1S/C14H23N5O11P2/c1-14(2,21)29-7-4-9(28-8(7)5-27-32(25,26)30-31(22,23)24)19-6-18(3)10-11(19)16-13(15)17-12(10)20/h6-9,21H,4-5H2,1-3H3,(H5-,15,16,17,20,22,23,24,25,26)/p+1/t7?,8-,9-/m1/s1. The van der Waals surface area contributed by atoms with Crippen LogP contribution < -0.4 is 15.9 Å². The Morgan fingerprint density at radius 2 is 2.06 bits per heavy atom. The van der Waals surface area contributed by atoms with Gasteiger partial charge in [0.2, 0.25) is 5.52 Å². The van der Waals surface area contributed by atoms with Crippen molar-refractivity contribution in [2.45, 2.75) is 44.5 Å². The molecule has 18 heteroatoms. The van der Waals surface area contributed by atoms with Gasteiger partial charge in [-0.1, -0.05) is 4.98 Å². The van der Waals surface area contributed by atoms with Gasteiger partial charge in [0, 0.05) is 6.42 Å². The molecule has 0 radical (unpaired) electrons. The molecular formula is C14H24N5O11P2+. The maximum Gasteiger partial charge on any atom is 0.481 e. The summed E-state index contributed by atoms with van der Waals surface area (Å²) in [5.74, 6) is -1.74. The molecule has 2 aromatic rings. The van der Waals surface area contributed by atoms with Crippen molar-refractivity contribution < 1.29 is 51.8 Å². The van der Waals surface area contributed by atoms with Crippen molar-refractivity contribution in [2.24, 2.45) is 7.05 Å². The SMILES string of the molecule is Cn1c[n+]([C@H]2CC(OC(C)(C)O)[C@@H](COP(=O)(O)OP(=O)(O)O)O2)c2nc(N)[nH]c(=O)c21. The minimum Gasteiger partial charge on any atom is -0.366 e. The number of aromatic nitrogens is 4. The number of aromatic amines is 1. The third-order valence-electron chi connectivity index (χ3n) is 4.33. The highest BCUT2D eigenvalue weighted by Crippen LogP contribution is 2.57. The third-order valence-corrected chi connectivity index (χ3v) is 6.48. The summed E-state index contributed by atoms with van der Waals surface area (Å²) >= 11 is 0. The summed E-state index contributed by atoms with van der Waals surface area (Å²) in [6, 6.07) is 0. The van der Waals surface area contributed by atoms with Crippen molar-refractivity contribution >= 4 is 32.8 Å². The average Bonchev–Trinajstić information content (AvgIpc) is 3.10. The van der Waals surface area contributed by atoms with Crippen molar-refractivity contribution in [3.63, 3.8) is 0 Å². The molecule has 32 heavy (non-hydrogen) atoms. The number of nitrogen functional groups attached to an aromatic ring is 1. The van der Waals surface area contributed by atoms with Crippen LogP contribution in [0.2, 0.25) is 0 Å². The Hall–Kier alpha value is -1.71. The highest BCUT2D eigenvalue weighted by Gasteiger charge is 2.44. The first kappa shape index (κ1) is 24.9. The molecule has 1 fully saturated rings. The Labute approximate surface area is 180 Å². The molecule has 0 aliphatic carbocycles. The Morgan fingerprint density at radius 3 is 2.66 bits per heavy atom. The van der Waals surface area contributed by atoms with E-state index in [1.165, 1.54) is 29.3 Å². The molecule has 2 unspecified atom stereocenters. The van der Waals surface area contributed by atoms with Gasteiger partial charge >= 0.3 is 21.3 Å².